The summed E-state index contributed by atoms with van der Waals surface area (Å²) in [5.41, 5.74) is 1.44. The van der Waals surface area contributed by atoms with Crippen molar-refractivity contribution in [2.75, 3.05) is 13.1 Å². The van der Waals surface area contributed by atoms with E-state index in [1.807, 2.05) is 42.2 Å². The van der Waals surface area contributed by atoms with E-state index in [1.54, 1.807) is 0 Å². The molecule has 1 aliphatic carbocycles. The lowest BCUT2D eigenvalue weighted by molar-refractivity contribution is -0.129. The van der Waals surface area contributed by atoms with Gasteiger partial charge in [-0.2, -0.15) is 0 Å². The number of benzene rings is 1. The summed E-state index contributed by atoms with van der Waals surface area (Å²) in [5.74, 6) is 0.109. The number of fused-ring (bicyclic) bond motifs is 1. The second-order valence-electron chi connectivity index (χ2n) is 7.07. The summed E-state index contributed by atoms with van der Waals surface area (Å²) in [6, 6.07) is 9.83. The molecule has 1 aliphatic heterocycles. The van der Waals surface area contributed by atoms with Gasteiger partial charge in [0.1, 0.15) is 0 Å². The number of aromatic nitrogens is 1. The summed E-state index contributed by atoms with van der Waals surface area (Å²) in [5, 5.41) is 4.43. The topological polar surface area (TPSA) is 62.3 Å². The van der Waals surface area contributed by atoms with Crippen molar-refractivity contribution in [2.24, 2.45) is 0 Å². The highest BCUT2D eigenvalue weighted by Gasteiger charge is 2.27. The summed E-state index contributed by atoms with van der Waals surface area (Å²) in [7, 11) is 0. The number of nitrogens with zero attached hydrogens (tertiary/aromatic N) is 2. The van der Waals surface area contributed by atoms with Crippen molar-refractivity contribution in [1.29, 1.82) is 0 Å². The van der Waals surface area contributed by atoms with Gasteiger partial charge in [-0.1, -0.05) is 30.0 Å². The van der Waals surface area contributed by atoms with Crippen LogP contribution in [-0.2, 0) is 4.79 Å². The molecule has 0 unspecified atom stereocenters. The summed E-state index contributed by atoms with van der Waals surface area (Å²) >= 11 is 1.44. The van der Waals surface area contributed by atoms with E-state index in [1.165, 1.54) is 11.8 Å². The highest BCUT2D eigenvalue weighted by Crippen LogP contribution is 2.29. The van der Waals surface area contributed by atoms with Crippen LogP contribution < -0.4 is 5.32 Å². The standard InChI is InChI=1S/C20H23N3O2S/c1-13(20(25)23-10-4-5-11-23)26-18-12-16(19(24)21-14-8-9-14)15-6-2-3-7-17(15)22-18/h2-3,6-7,12-14H,4-5,8-11H2,1H3,(H,21,24)/t13-/m1/s1. The number of amides is 2. The molecule has 6 heteroatoms. The van der Waals surface area contributed by atoms with E-state index in [0.717, 1.165) is 54.7 Å². The zero-order valence-corrected chi connectivity index (χ0v) is 15.7. The van der Waals surface area contributed by atoms with Crippen LogP contribution in [0.15, 0.2) is 35.4 Å². The Labute approximate surface area is 157 Å². The number of carbonyl (C=O) groups excluding carboxylic acids is 2. The monoisotopic (exact) mass is 369 g/mol. The van der Waals surface area contributed by atoms with Crippen LogP contribution in [0.1, 0.15) is 43.0 Å². The van der Waals surface area contributed by atoms with Crippen molar-refractivity contribution in [2.45, 2.75) is 48.9 Å². The van der Waals surface area contributed by atoms with Crippen molar-refractivity contribution >= 4 is 34.5 Å². The lowest BCUT2D eigenvalue weighted by Crippen LogP contribution is -2.34. The molecule has 4 rings (SSSR count). The fourth-order valence-electron chi connectivity index (χ4n) is 3.32. The number of para-hydroxylation sites is 1. The van der Waals surface area contributed by atoms with Crippen LogP contribution in [0.3, 0.4) is 0 Å². The van der Waals surface area contributed by atoms with Crippen molar-refractivity contribution in [3.8, 4) is 0 Å². The molecule has 1 atom stereocenters. The van der Waals surface area contributed by atoms with Crippen LogP contribution in [0.2, 0.25) is 0 Å². The van der Waals surface area contributed by atoms with Gasteiger partial charge in [0.05, 0.1) is 21.4 Å². The van der Waals surface area contributed by atoms with Gasteiger partial charge in [0.25, 0.3) is 5.91 Å². The Balaban J connectivity index is 1.60. The molecule has 26 heavy (non-hydrogen) atoms. The second kappa shape index (κ2) is 7.27. The van der Waals surface area contributed by atoms with Gasteiger partial charge in [-0.15, -0.1) is 0 Å². The highest BCUT2D eigenvalue weighted by molar-refractivity contribution is 8.00. The SMILES string of the molecule is C[C@@H](Sc1cc(C(=O)NC2CC2)c2ccccc2n1)C(=O)N1CCCC1. The van der Waals surface area contributed by atoms with E-state index >= 15 is 0 Å². The first-order chi connectivity index (χ1) is 12.6. The molecule has 1 saturated carbocycles. The Bertz CT molecular complexity index is 844. The highest BCUT2D eigenvalue weighted by atomic mass is 32.2. The summed E-state index contributed by atoms with van der Waals surface area (Å²) in [6.45, 7) is 3.62. The molecular formula is C20H23N3O2S. The van der Waals surface area contributed by atoms with Gasteiger partial charge >= 0.3 is 0 Å². The molecule has 1 saturated heterocycles. The van der Waals surface area contributed by atoms with Crippen molar-refractivity contribution in [3.05, 3.63) is 35.9 Å². The first-order valence-electron chi connectivity index (χ1n) is 9.28. The molecule has 2 aliphatic rings. The van der Waals surface area contributed by atoms with E-state index in [4.69, 9.17) is 0 Å². The summed E-state index contributed by atoms with van der Waals surface area (Å²) in [4.78, 5) is 31.9. The van der Waals surface area contributed by atoms with Crippen LogP contribution in [0.4, 0.5) is 0 Å². The molecule has 1 N–H and O–H groups in total. The molecule has 0 radical (unpaired) electrons. The van der Waals surface area contributed by atoms with Crippen molar-refractivity contribution < 1.29 is 9.59 Å². The molecule has 1 aromatic carbocycles. The average Bonchev–Trinajstić information content (AvgIpc) is 3.29. The van der Waals surface area contributed by atoms with Gasteiger partial charge in [0.15, 0.2) is 0 Å². The van der Waals surface area contributed by atoms with Gasteiger partial charge in [-0.25, -0.2) is 4.98 Å². The first-order valence-corrected chi connectivity index (χ1v) is 10.2. The molecule has 5 nitrogen and oxygen atoms in total. The fraction of sp³-hybridized carbons (Fsp3) is 0.450. The molecule has 0 spiro atoms. The van der Waals surface area contributed by atoms with Gasteiger partial charge in [-0.05, 0) is 44.7 Å². The number of likely N-dealkylation sites (tertiary alicyclic amines) is 1. The lowest BCUT2D eigenvalue weighted by Gasteiger charge is -2.20. The third-order valence-electron chi connectivity index (χ3n) is 4.91. The van der Waals surface area contributed by atoms with E-state index in [9.17, 15) is 9.59 Å². The minimum absolute atomic E-state index is 0.0496. The van der Waals surface area contributed by atoms with Gasteiger partial charge < -0.3 is 10.2 Å². The second-order valence-corrected chi connectivity index (χ2v) is 8.43. The van der Waals surface area contributed by atoms with Gasteiger partial charge in [-0.3, -0.25) is 9.59 Å². The van der Waals surface area contributed by atoms with Gasteiger partial charge in [0, 0.05) is 24.5 Å². The van der Waals surface area contributed by atoms with E-state index in [-0.39, 0.29) is 17.1 Å². The Morgan fingerprint density at radius 1 is 1.23 bits per heavy atom. The maximum atomic E-state index is 12.7. The normalized spacial score (nSPS) is 18.1. The van der Waals surface area contributed by atoms with Crippen LogP contribution in [-0.4, -0.2) is 46.1 Å². The molecule has 136 valence electrons. The number of thioether (sulfide) groups is 1. The van der Waals surface area contributed by atoms with E-state index < -0.39 is 0 Å². The molecule has 0 bridgehead atoms. The number of hydrogen-bond donors (Lipinski definition) is 1. The fourth-order valence-corrected chi connectivity index (χ4v) is 4.27. The van der Waals surface area contributed by atoms with Crippen LogP contribution in [0.5, 0.6) is 0 Å². The minimum Gasteiger partial charge on any atom is -0.349 e. The average molecular weight is 369 g/mol. The smallest absolute Gasteiger partial charge is 0.252 e. The maximum absolute atomic E-state index is 12.7. The largest absolute Gasteiger partial charge is 0.349 e. The van der Waals surface area contributed by atoms with Crippen molar-refractivity contribution in [3.63, 3.8) is 0 Å². The summed E-state index contributed by atoms with van der Waals surface area (Å²) < 4.78 is 0. The van der Waals surface area contributed by atoms with E-state index in [2.05, 4.69) is 10.3 Å². The zero-order chi connectivity index (χ0) is 18.1. The molecule has 2 heterocycles. The van der Waals surface area contributed by atoms with Crippen LogP contribution >= 0.6 is 11.8 Å². The molecule has 1 aromatic heterocycles. The first kappa shape index (κ1) is 17.3. The zero-order valence-electron chi connectivity index (χ0n) is 14.9. The van der Waals surface area contributed by atoms with Crippen molar-refractivity contribution in [1.82, 2.24) is 15.2 Å². The predicted octanol–water partition coefficient (Wildman–Crippen LogP) is 3.23. The Morgan fingerprint density at radius 3 is 2.69 bits per heavy atom. The number of hydrogen-bond acceptors (Lipinski definition) is 4. The molecular weight excluding hydrogens is 346 g/mol. The minimum atomic E-state index is -0.207. The molecule has 2 amide bonds. The molecule has 2 fully saturated rings. The lowest BCUT2D eigenvalue weighted by atomic mass is 10.1. The Morgan fingerprint density at radius 2 is 1.96 bits per heavy atom. The number of nitrogens with one attached hydrogen (secondary N) is 1. The van der Waals surface area contributed by atoms with Crippen LogP contribution in [0, 0.1) is 0 Å². The number of carbonyl (C=O) groups is 2. The van der Waals surface area contributed by atoms with E-state index in [0.29, 0.717) is 11.6 Å². The van der Waals surface area contributed by atoms with Crippen LogP contribution in [0.25, 0.3) is 10.9 Å². The summed E-state index contributed by atoms with van der Waals surface area (Å²) in [6.07, 6.45) is 4.28. The molecule has 2 aromatic rings. The third-order valence-corrected chi connectivity index (χ3v) is 5.92. The van der Waals surface area contributed by atoms with Gasteiger partial charge in [0.2, 0.25) is 5.91 Å². The Kier molecular flexibility index (Phi) is 4.85. The Hall–Kier alpha value is -2.08. The predicted molar refractivity (Wildman–Crippen MR) is 103 cm³/mol. The maximum Gasteiger partial charge on any atom is 0.252 e. The quantitative estimate of drug-likeness (QED) is 0.822. The number of rotatable bonds is 5. The third kappa shape index (κ3) is 3.70. The number of pyridine rings is 1.